The normalized spacial score (nSPS) is 19.1. The summed E-state index contributed by atoms with van der Waals surface area (Å²) in [6, 6.07) is 6.99. The van der Waals surface area contributed by atoms with Crippen molar-refractivity contribution in [1.82, 2.24) is 29.7 Å². The Bertz CT molecular complexity index is 1450. The zero-order chi connectivity index (χ0) is 29.2. The molecule has 0 N–H and O–H groups in total. The minimum Gasteiger partial charge on any atom is -0.468 e. The highest BCUT2D eigenvalue weighted by atomic mass is 32.2. The number of amides is 1. The summed E-state index contributed by atoms with van der Waals surface area (Å²) in [5.41, 5.74) is 3.01. The van der Waals surface area contributed by atoms with Gasteiger partial charge in [-0.25, -0.2) is 23.4 Å². The molecule has 0 spiro atoms. The second-order valence-corrected chi connectivity index (χ2v) is 13.5. The quantitative estimate of drug-likeness (QED) is 0.412. The molecule has 0 aliphatic carbocycles. The van der Waals surface area contributed by atoms with Gasteiger partial charge in [-0.1, -0.05) is 12.1 Å². The van der Waals surface area contributed by atoms with Crippen molar-refractivity contribution in [3.8, 4) is 5.88 Å². The first-order valence-corrected chi connectivity index (χ1v) is 16.0. The molecular weight excluding hydrogens is 540 g/mol. The SMILES string of the molecule is Cc1ncnc(C)c1C(=O)N1CCC(C)(N2CCC(C(Oc3cnccn3)c3ccc(S(C)(=O)=O)cc3)CC2)CC1. The Morgan fingerprint density at radius 3 is 2.17 bits per heavy atom. The number of aryl methyl sites for hydroxylation is 2. The van der Waals surface area contributed by atoms with Crippen LogP contribution in [0.1, 0.15) is 66.0 Å². The average molecular weight is 579 g/mol. The molecule has 1 atom stereocenters. The van der Waals surface area contributed by atoms with E-state index < -0.39 is 9.84 Å². The molecule has 218 valence electrons. The Morgan fingerprint density at radius 2 is 1.61 bits per heavy atom. The average Bonchev–Trinajstić information content (AvgIpc) is 2.96. The van der Waals surface area contributed by atoms with Crippen molar-refractivity contribution in [2.45, 2.75) is 63.0 Å². The molecule has 1 amide bonds. The maximum absolute atomic E-state index is 13.3. The predicted molar refractivity (Wildman–Crippen MR) is 154 cm³/mol. The van der Waals surface area contributed by atoms with E-state index in [1.807, 2.05) is 30.9 Å². The lowest BCUT2D eigenvalue weighted by Crippen LogP contribution is -2.56. The molecule has 10 nitrogen and oxygen atoms in total. The van der Waals surface area contributed by atoms with Crippen LogP contribution in [0.4, 0.5) is 0 Å². The third-order valence-electron chi connectivity index (χ3n) is 8.72. The van der Waals surface area contributed by atoms with Gasteiger partial charge >= 0.3 is 0 Å². The molecule has 2 saturated heterocycles. The Kier molecular flexibility index (Phi) is 8.37. The number of rotatable bonds is 7. The molecule has 41 heavy (non-hydrogen) atoms. The van der Waals surface area contributed by atoms with Crippen molar-refractivity contribution in [3.63, 3.8) is 0 Å². The van der Waals surface area contributed by atoms with Crippen LogP contribution >= 0.6 is 0 Å². The van der Waals surface area contributed by atoms with Crippen molar-refractivity contribution >= 4 is 15.7 Å². The number of likely N-dealkylation sites (tertiary alicyclic amines) is 2. The lowest BCUT2D eigenvalue weighted by Gasteiger charge is -2.49. The number of piperidine rings is 2. The molecule has 2 aliphatic rings. The van der Waals surface area contributed by atoms with Gasteiger partial charge in [0.1, 0.15) is 12.4 Å². The lowest BCUT2D eigenvalue weighted by atomic mass is 9.82. The molecule has 1 unspecified atom stereocenters. The summed E-state index contributed by atoms with van der Waals surface area (Å²) in [5, 5.41) is 0. The minimum absolute atomic E-state index is 0.0113. The van der Waals surface area contributed by atoms with E-state index in [-0.39, 0.29) is 28.4 Å². The van der Waals surface area contributed by atoms with E-state index in [2.05, 4.69) is 31.8 Å². The summed E-state index contributed by atoms with van der Waals surface area (Å²) < 4.78 is 30.4. The summed E-state index contributed by atoms with van der Waals surface area (Å²) in [6.07, 6.45) is 10.9. The van der Waals surface area contributed by atoms with E-state index in [1.165, 1.54) is 12.6 Å². The first kappa shape index (κ1) is 29.1. The summed E-state index contributed by atoms with van der Waals surface area (Å²) in [6.45, 7) is 9.28. The van der Waals surface area contributed by atoms with Crippen molar-refractivity contribution < 1.29 is 17.9 Å². The van der Waals surface area contributed by atoms with Crippen LogP contribution in [-0.2, 0) is 9.84 Å². The van der Waals surface area contributed by atoms with Crippen LogP contribution in [0, 0.1) is 19.8 Å². The number of carbonyl (C=O) groups is 1. The first-order valence-electron chi connectivity index (χ1n) is 14.1. The standard InChI is InChI=1S/C30H38N6O4S/c1-21-27(22(2)34-20-33-21)29(37)35-17-11-30(3,12-18-35)36-15-9-24(10-16-36)28(40-26-19-31-13-14-32-26)23-5-7-25(8-6-23)41(4,38)39/h5-8,13-14,19-20,24,28H,9-12,15-18H2,1-4H3. The van der Waals surface area contributed by atoms with E-state index in [0.29, 0.717) is 24.5 Å². The summed E-state index contributed by atoms with van der Waals surface area (Å²) >= 11 is 0. The fourth-order valence-electron chi connectivity index (χ4n) is 6.13. The zero-order valence-electron chi connectivity index (χ0n) is 24.2. The summed E-state index contributed by atoms with van der Waals surface area (Å²) in [7, 11) is -3.29. The van der Waals surface area contributed by atoms with Crippen molar-refractivity contribution in [3.05, 3.63) is 71.7 Å². The van der Waals surface area contributed by atoms with Crippen molar-refractivity contribution in [2.75, 3.05) is 32.4 Å². The van der Waals surface area contributed by atoms with E-state index in [0.717, 1.165) is 55.7 Å². The Morgan fingerprint density at radius 1 is 0.976 bits per heavy atom. The third-order valence-corrected chi connectivity index (χ3v) is 9.85. The largest absolute Gasteiger partial charge is 0.468 e. The number of sulfone groups is 1. The van der Waals surface area contributed by atoms with Crippen LogP contribution in [0.3, 0.4) is 0 Å². The van der Waals surface area contributed by atoms with Crippen LogP contribution in [0.15, 0.2) is 54.1 Å². The van der Waals surface area contributed by atoms with Crippen LogP contribution in [0.25, 0.3) is 0 Å². The van der Waals surface area contributed by atoms with Gasteiger partial charge in [0.25, 0.3) is 5.91 Å². The predicted octanol–water partition coefficient (Wildman–Crippen LogP) is 3.81. The fourth-order valence-corrected chi connectivity index (χ4v) is 6.76. The Hall–Kier alpha value is -3.44. The topological polar surface area (TPSA) is 118 Å². The number of ether oxygens (including phenoxy) is 1. The molecule has 2 aromatic heterocycles. The molecule has 3 aromatic rings. The molecule has 0 bridgehead atoms. The molecule has 0 saturated carbocycles. The summed E-state index contributed by atoms with van der Waals surface area (Å²) in [4.78, 5) is 35.0. The van der Waals surface area contributed by atoms with Crippen molar-refractivity contribution in [2.24, 2.45) is 5.92 Å². The zero-order valence-corrected chi connectivity index (χ0v) is 25.0. The fraction of sp³-hybridized carbons (Fsp3) is 0.500. The Balaban J connectivity index is 1.25. The smallest absolute Gasteiger partial charge is 0.257 e. The first-order chi connectivity index (χ1) is 19.5. The van der Waals surface area contributed by atoms with Gasteiger partial charge in [0, 0.05) is 43.2 Å². The molecule has 4 heterocycles. The number of benzene rings is 1. The molecule has 2 aliphatic heterocycles. The molecule has 5 rings (SSSR count). The van der Waals surface area contributed by atoms with Gasteiger partial charge in [-0.3, -0.25) is 14.7 Å². The number of nitrogens with zero attached hydrogens (tertiary/aromatic N) is 6. The molecule has 0 radical (unpaired) electrons. The number of carbonyl (C=O) groups excluding carboxylic acids is 1. The lowest BCUT2D eigenvalue weighted by molar-refractivity contribution is -0.00622. The minimum atomic E-state index is -3.29. The van der Waals surface area contributed by atoms with E-state index in [9.17, 15) is 13.2 Å². The molecule has 11 heteroatoms. The van der Waals surface area contributed by atoms with Crippen LogP contribution in [0.5, 0.6) is 5.88 Å². The van der Waals surface area contributed by atoms with Crippen LogP contribution in [-0.4, -0.2) is 82.0 Å². The number of hydrogen-bond donors (Lipinski definition) is 0. The summed E-state index contributed by atoms with van der Waals surface area (Å²) in [5.74, 6) is 0.698. The molecule has 1 aromatic carbocycles. The van der Waals surface area contributed by atoms with Gasteiger partial charge in [-0.15, -0.1) is 0 Å². The van der Waals surface area contributed by atoms with Crippen LogP contribution in [0.2, 0.25) is 0 Å². The second-order valence-electron chi connectivity index (χ2n) is 11.5. The van der Waals surface area contributed by atoms with E-state index >= 15 is 0 Å². The van der Waals surface area contributed by atoms with Crippen molar-refractivity contribution in [1.29, 1.82) is 0 Å². The highest BCUT2D eigenvalue weighted by molar-refractivity contribution is 7.90. The third kappa shape index (κ3) is 6.41. The monoisotopic (exact) mass is 578 g/mol. The number of aromatic nitrogens is 4. The van der Waals surface area contributed by atoms with Gasteiger partial charge in [0.05, 0.1) is 28.0 Å². The highest BCUT2D eigenvalue weighted by Gasteiger charge is 2.40. The van der Waals surface area contributed by atoms with E-state index in [1.54, 1.807) is 30.7 Å². The van der Waals surface area contributed by atoms with Gasteiger partial charge in [-0.2, -0.15) is 0 Å². The van der Waals surface area contributed by atoms with Gasteiger partial charge < -0.3 is 9.64 Å². The van der Waals surface area contributed by atoms with Gasteiger partial charge in [0.15, 0.2) is 9.84 Å². The maximum atomic E-state index is 13.3. The Labute approximate surface area is 242 Å². The second kappa shape index (κ2) is 11.8. The van der Waals surface area contributed by atoms with E-state index in [4.69, 9.17) is 4.74 Å². The molecule has 2 fully saturated rings. The van der Waals surface area contributed by atoms with Gasteiger partial charge in [0.2, 0.25) is 5.88 Å². The highest BCUT2D eigenvalue weighted by Crippen LogP contribution is 2.38. The van der Waals surface area contributed by atoms with Gasteiger partial charge in [-0.05, 0) is 77.2 Å². The molecular formula is C30H38N6O4S. The number of hydrogen-bond acceptors (Lipinski definition) is 9. The van der Waals surface area contributed by atoms with Crippen LogP contribution < -0.4 is 4.74 Å². The maximum Gasteiger partial charge on any atom is 0.257 e.